The molecule has 1 aliphatic heterocycles. The first-order valence-electron chi connectivity index (χ1n) is 9.02. The van der Waals surface area contributed by atoms with Gasteiger partial charge in [0.25, 0.3) is 0 Å². The van der Waals surface area contributed by atoms with Crippen LogP contribution in [0.4, 0.5) is 18.0 Å². The number of amides is 2. The van der Waals surface area contributed by atoms with Gasteiger partial charge in [-0.1, -0.05) is 0 Å². The van der Waals surface area contributed by atoms with Crippen molar-refractivity contribution in [3.63, 3.8) is 0 Å². The third-order valence-electron chi connectivity index (χ3n) is 4.48. The second kappa shape index (κ2) is 9.70. The second-order valence-electron chi connectivity index (χ2n) is 6.87. The van der Waals surface area contributed by atoms with Crippen LogP contribution in [0.3, 0.4) is 0 Å². The van der Waals surface area contributed by atoms with Gasteiger partial charge < -0.3 is 21.7 Å². The molecule has 1 aliphatic carbocycles. The lowest BCUT2D eigenvalue weighted by Gasteiger charge is -2.37. The van der Waals surface area contributed by atoms with Crippen molar-refractivity contribution in [2.75, 3.05) is 13.1 Å². The van der Waals surface area contributed by atoms with E-state index >= 15 is 0 Å². The average Bonchev–Trinajstić information content (AvgIpc) is 2.51. The first-order valence-corrected chi connectivity index (χ1v) is 9.02. The van der Waals surface area contributed by atoms with Crippen molar-refractivity contribution in [3.8, 4) is 0 Å². The number of ether oxygens (including phenoxy) is 1. The van der Waals surface area contributed by atoms with Crippen molar-refractivity contribution in [2.24, 2.45) is 5.73 Å². The third-order valence-corrected chi connectivity index (χ3v) is 4.48. The molecule has 2 rings (SSSR count). The zero-order valence-corrected chi connectivity index (χ0v) is 14.9. The second-order valence-corrected chi connectivity index (χ2v) is 6.87. The van der Waals surface area contributed by atoms with Gasteiger partial charge in [0.2, 0.25) is 0 Å². The minimum atomic E-state index is -4.65. The summed E-state index contributed by atoms with van der Waals surface area (Å²) in [6.07, 6.45) is -3.46. The number of rotatable bonds is 6. The maximum Gasteiger partial charge on any atom is 0.522 e. The van der Waals surface area contributed by atoms with E-state index < -0.39 is 24.8 Å². The van der Waals surface area contributed by atoms with Crippen LogP contribution in [0.15, 0.2) is 0 Å². The molecule has 26 heavy (non-hydrogen) atoms. The van der Waals surface area contributed by atoms with E-state index in [2.05, 4.69) is 31.3 Å². The summed E-state index contributed by atoms with van der Waals surface area (Å²) < 4.78 is 41.1. The zero-order valence-electron chi connectivity index (χ0n) is 14.9. The van der Waals surface area contributed by atoms with Crippen molar-refractivity contribution in [1.29, 1.82) is 0 Å². The van der Waals surface area contributed by atoms with Gasteiger partial charge >= 0.3 is 12.4 Å². The van der Waals surface area contributed by atoms with Gasteiger partial charge in [0.05, 0.1) is 12.3 Å². The maximum absolute atomic E-state index is 12.3. The van der Waals surface area contributed by atoms with Crippen LogP contribution in [0.2, 0.25) is 0 Å². The number of urea groups is 1. The SMILES string of the molecule is CC1CC(NCCN)NC(NC(=O)NC2CCCC(OC(F)(F)F)C2)N1. The Morgan fingerprint density at radius 3 is 2.69 bits per heavy atom. The molecule has 7 N–H and O–H groups in total. The van der Waals surface area contributed by atoms with Crippen molar-refractivity contribution in [2.45, 2.75) is 76.0 Å². The zero-order chi connectivity index (χ0) is 19.2. The molecule has 0 bridgehead atoms. The Bertz CT molecular complexity index is 454. The Morgan fingerprint density at radius 2 is 2.00 bits per heavy atom. The van der Waals surface area contributed by atoms with Gasteiger partial charge in [-0.2, -0.15) is 0 Å². The number of alkyl halides is 3. The van der Waals surface area contributed by atoms with E-state index in [4.69, 9.17) is 5.73 Å². The van der Waals surface area contributed by atoms with Crippen LogP contribution in [0.1, 0.15) is 39.0 Å². The molecular formula is C15H29F3N6O2. The largest absolute Gasteiger partial charge is 0.522 e. The van der Waals surface area contributed by atoms with E-state index in [0.29, 0.717) is 32.4 Å². The van der Waals surface area contributed by atoms with Crippen LogP contribution in [0, 0.1) is 0 Å². The normalized spacial score (nSPS) is 32.9. The molecule has 2 fully saturated rings. The standard InChI is InChI=1S/C15H29F3N6O2/c1-9-7-12(20-6-5-19)23-13(21-9)24-14(25)22-10-3-2-4-11(8-10)26-15(16,17)18/h9-13,20-21,23H,2-8,19H2,1H3,(H2,22,24,25). The van der Waals surface area contributed by atoms with E-state index in [1.54, 1.807) is 0 Å². The molecule has 8 nitrogen and oxygen atoms in total. The fraction of sp³-hybridized carbons (Fsp3) is 0.933. The molecule has 152 valence electrons. The summed E-state index contributed by atoms with van der Waals surface area (Å²) in [6, 6.07) is -0.598. The molecule has 2 aliphatic rings. The Kier molecular flexibility index (Phi) is 7.89. The minimum absolute atomic E-state index is 0.0133. The van der Waals surface area contributed by atoms with Gasteiger partial charge in [-0.3, -0.25) is 15.4 Å². The highest BCUT2D eigenvalue weighted by molar-refractivity contribution is 5.74. The van der Waals surface area contributed by atoms with Crippen LogP contribution in [-0.2, 0) is 4.74 Å². The van der Waals surface area contributed by atoms with Gasteiger partial charge in [-0.05, 0) is 39.0 Å². The number of nitrogens with one attached hydrogen (secondary N) is 5. The molecule has 0 aromatic rings. The Hall–Kier alpha value is -1.14. The predicted molar refractivity (Wildman–Crippen MR) is 89.8 cm³/mol. The monoisotopic (exact) mass is 382 g/mol. The maximum atomic E-state index is 12.3. The van der Waals surface area contributed by atoms with Crippen LogP contribution in [0.25, 0.3) is 0 Å². The van der Waals surface area contributed by atoms with E-state index in [1.165, 1.54) is 0 Å². The summed E-state index contributed by atoms with van der Waals surface area (Å²) in [5.41, 5.74) is 5.48. The van der Waals surface area contributed by atoms with Gasteiger partial charge in [0.1, 0.15) is 6.29 Å². The van der Waals surface area contributed by atoms with E-state index in [0.717, 1.165) is 6.42 Å². The predicted octanol–water partition coefficient (Wildman–Crippen LogP) is 0.263. The molecule has 0 aromatic heterocycles. The highest BCUT2D eigenvalue weighted by atomic mass is 19.4. The molecule has 0 spiro atoms. The lowest BCUT2D eigenvalue weighted by molar-refractivity contribution is -0.345. The minimum Gasteiger partial charge on any atom is -0.335 e. The fourth-order valence-electron chi connectivity index (χ4n) is 3.44. The third kappa shape index (κ3) is 7.62. The van der Waals surface area contributed by atoms with E-state index in [9.17, 15) is 18.0 Å². The molecule has 0 aromatic carbocycles. The van der Waals surface area contributed by atoms with Gasteiger partial charge in [-0.25, -0.2) is 4.79 Å². The van der Waals surface area contributed by atoms with Crippen molar-refractivity contribution >= 4 is 6.03 Å². The van der Waals surface area contributed by atoms with Gasteiger partial charge in [-0.15, -0.1) is 13.2 Å². The average molecular weight is 382 g/mol. The fourth-order valence-corrected chi connectivity index (χ4v) is 3.44. The highest BCUT2D eigenvalue weighted by Gasteiger charge is 2.36. The van der Waals surface area contributed by atoms with Crippen molar-refractivity contribution in [1.82, 2.24) is 26.6 Å². The van der Waals surface area contributed by atoms with Crippen molar-refractivity contribution < 1.29 is 22.7 Å². The quantitative estimate of drug-likeness (QED) is 0.393. The Balaban J connectivity index is 1.76. The van der Waals surface area contributed by atoms with Crippen LogP contribution in [0.5, 0.6) is 0 Å². The van der Waals surface area contributed by atoms with E-state index in [1.807, 2.05) is 6.92 Å². The molecule has 1 heterocycles. The first-order chi connectivity index (χ1) is 12.2. The van der Waals surface area contributed by atoms with Crippen LogP contribution >= 0.6 is 0 Å². The summed E-state index contributed by atoms with van der Waals surface area (Å²) in [5.74, 6) is 0. The molecule has 1 saturated heterocycles. The molecule has 1 saturated carbocycles. The summed E-state index contributed by atoms with van der Waals surface area (Å²) in [7, 11) is 0. The summed E-state index contributed by atoms with van der Waals surface area (Å²) >= 11 is 0. The lowest BCUT2D eigenvalue weighted by Crippen LogP contribution is -2.68. The number of carbonyl (C=O) groups excluding carboxylic acids is 1. The number of carbonyl (C=O) groups is 1. The molecule has 11 heteroatoms. The van der Waals surface area contributed by atoms with E-state index in [-0.39, 0.29) is 24.7 Å². The molecule has 0 radical (unpaired) electrons. The molecule has 5 unspecified atom stereocenters. The number of nitrogens with two attached hydrogens (primary N) is 1. The van der Waals surface area contributed by atoms with Crippen LogP contribution in [-0.4, -0.2) is 56.1 Å². The molecular weight excluding hydrogens is 353 g/mol. The summed E-state index contributed by atoms with van der Waals surface area (Å²) in [4.78, 5) is 12.2. The molecule has 2 amide bonds. The van der Waals surface area contributed by atoms with Crippen LogP contribution < -0.4 is 32.3 Å². The van der Waals surface area contributed by atoms with Gasteiger partial charge in [0.15, 0.2) is 0 Å². The first kappa shape index (κ1) is 21.2. The smallest absolute Gasteiger partial charge is 0.335 e. The number of hydrogen-bond donors (Lipinski definition) is 6. The highest BCUT2D eigenvalue weighted by Crippen LogP contribution is 2.27. The number of halogens is 3. The van der Waals surface area contributed by atoms with Crippen molar-refractivity contribution in [3.05, 3.63) is 0 Å². The number of hydrogen-bond acceptors (Lipinski definition) is 6. The van der Waals surface area contributed by atoms with Gasteiger partial charge in [0, 0.05) is 25.2 Å². The Labute approximate surface area is 151 Å². The molecule has 5 atom stereocenters. The topological polar surface area (TPSA) is 112 Å². The summed E-state index contributed by atoms with van der Waals surface area (Å²) in [6.45, 7) is 3.18. The summed E-state index contributed by atoms with van der Waals surface area (Å²) in [5, 5.41) is 15.1. The Morgan fingerprint density at radius 1 is 1.23 bits per heavy atom. The lowest BCUT2D eigenvalue weighted by atomic mass is 9.93.